The SMILES string of the molecule is CN(CCN(C)Cc1cccc(O)c1)Cc1ccccc1. The van der Waals surface area contributed by atoms with Gasteiger partial charge < -0.3 is 14.9 Å². The predicted molar refractivity (Wildman–Crippen MR) is 87.2 cm³/mol. The van der Waals surface area contributed by atoms with E-state index in [0.717, 1.165) is 31.7 Å². The Labute approximate surface area is 127 Å². The predicted octanol–water partition coefficient (Wildman–Crippen LogP) is 2.96. The van der Waals surface area contributed by atoms with Gasteiger partial charge >= 0.3 is 0 Å². The normalized spacial score (nSPS) is 11.2. The summed E-state index contributed by atoms with van der Waals surface area (Å²) >= 11 is 0. The highest BCUT2D eigenvalue weighted by molar-refractivity contribution is 5.26. The summed E-state index contributed by atoms with van der Waals surface area (Å²) < 4.78 is 0. The average molecular weight is 284 g/mol. The number of nitrogens with zero attached hydrogens (tertiary/aromatic N) is 2. The molecule has 1 N–H and O–H groups in total. The summed E-state index contributed by atoms with van der Waals surface area (Å²) in [5.41, 5.74) is 2.49. The Balaban J connectivity index is 1.74. The largest absolute Gasteiger partial charge is 0.508 e. The summed E-state index contributed by atoms with van der Waals surface area (Å²) in [6.45, 7) is 3.84. The zero-order valence-corrected chi connectivity index (χ0v) is 12.9. The number of phenols is 1. The average Bonchev–Trinajstić information content (AvgIpc) is 2.46. The van der Waals surface area contributed by atoms with Crippen molar-refractivity contribution in [2.45, 2.75) is 13.1 Å². The van der Waals surface area contributed by atoms with E-state index in [1.807, 2.05) is 24.3 Å². The number of hydrogen-bond donors (Lipinski definition) is 1. The molecule has 3 nitrogen and oxygen atoms in total. The van der Waals surface area contributed by atoms with Crippen molar-refractivity contribution in [3.63, 3.8) is 0 Å². The van der Waals surface area contributed by atoms with Crippen LogP contribution in [0, 0.1) is 0 Å². The van der Waals surface area contributed by atoms with Crippen LogP contribution in [0.4, 0.5) is 0 Å². The Morgan fingerprint density at radius 3 is 1.95 bits per heavy atom. The van der Waals surface area contributed by atoms with Gasteiger partial charge in [-0.1, -0.05) is 42.5 Å². The molecule has 0 spiro atoms. The molecule has 21 heavy (non-hydrogen) atoms. The van der Waals surface area contributed by atoms with Gasteiger partial charge in [0.05, 0.1) is 0 Å². The summed E-state index contributed by atoms with van der Waals surface area (Å²) in [5.74, 6) is 0.335. The van der Waals surface area contributed by atoms with E-state index in [9.17, 15) is 5.11 Å². The highest BCUT2D eigenvalue weighted by Gasteiger charge is 2.04. The minimum atomic E-state index is 0.335. The van der Waals surface area contributed by atoms with Crippen LogP contribution in [-0.2, 0) is 13.1 Å². The molecule has 2 aromatic rings. The zero-order chi connectivity index (χ0) is 15.1. The van der Waals surface area contributed by atoms with Crippen LogP contribution in [0.5, 0.6) is 5.75 Å². The van der Waals surface area contributed by atoms with Crippen LogP contribution >= 0.6 is 0 Å². The second-order valence-electron chi connectivity index (χ2n) is 5.63. The van der Waals surface area contributed by atoms with Crippen molar-refractivity contribution >= 4 is 0 Å². The lowest BCUT2D eigenvalue weighted by atomic mass is 10.2. The van der Waals surface area contributed by atoms with E-state index in [-0.39, 0.29) is 0 Å². The fraction of sp³-hybridized carbons (Fsp3) is 0.333. The van der Waals surface area contributed by atoms with Crippen molar-refractivity contribution < 1.29 is 5.11 Å². The van der Waals surface area contributed by atoms with E-state index in [1.54, 1.807) is 6.07 Å². The second kappa shape index (κ2) is 7.81. The molecule has 0 amide bonds. The molecule has 0 heterocycles. The first-order chi connectivity index (χ1) is 10.1. The lowest BCUT2D eigenvalue weighted by Crippen LogP contribution is -2.30. The van der Waals surface area contributed by atoms with E-state index < -0.39 is 0 Å². The maximum absolute atomic E-state index is 9.48. The number of likely N-dealkylation sites (N-methyl/N-ethyl adjacent to an activating group) is 2. The van der Waals surface area contributed by atoms with Crippen LogP contribution < -0.4 is 0 Å². The number of hydrogen-bond acceptors (Lipinski definition) is 3. The summed E-state index contributed by atoms with van der Waals surface area (Å²) in [4.78, 5) is 4.60. The van der Waals surface area contributed by atoms with Crippen LogP contribution in [-0.4, -0.2) is 42.1 Å². The second-order valence-corrected chi connectivity index (χ2v) is 5.63. The van der Waals surface area contributed by atoms with Crippen molar-refractivity contribution in [1.82, 2.24) is 9.80 Å². The molecule has 0 aliphatic rings. The Morgan fingerprint density at radius 1 is 0.762 bits per heavy atom. The smallest absolute Gasteiger partial charge is 0.115 e. The van der Waals surface area contributed by atoms with Gasteiger partial charge in [-0.05, 0) is 37.4 Å². The molecule has 0 atom stereocenters. The topological polar surface area (TPSA) is 26.7 Å². The van der Waals surface area contributed by atoms with Crippen molar-refractivity contribution in [1.29, 1.82) is 0 Å². The standard InChI is InChI=1S/C18H24N2O/c1-19(14-16-7-4-3-5-8-16)11-12-20(2)15-17-9-6-10-18(21)13-17/h3-10,13,21H,11-12,14-15H2,1-2H3. The van der Waals surface area contributed by atoms with Crippen molar-refractivity contribution in [2.75, 3.05) is 27.2 Å². The van der Waals surface area contributed by atoms with Gasteiger partial charge in [-0.25, -0.2) is 0 Å². The van der Waals surface area contributed by atoms with Gasteiger partial charge in [0.2, 0.25) is 0 Å². The third kappa shape index (κ3) is 5.58. The van der Waals surface area contributed by atoms with Gasteiger partial charge in [-0.3, -0.25) is 0 Å². The summed E-state index contributed by atoms with van der Waals surface area (Å²) in [6, 6.07) is 18.0. The first kappa shape index (κ1) is 15.5. The van der Waals surface area contributed by atoms with Crippen LogP contribution in [0.3, 0.4) is 0 Å². The highest BCUT2D eigenvalue weighted by atomic mass is 16.3. The zero-order valence-electron chi connectivity index (χ0n) is 12.9. The molecule has 0 aliphatic heterocycles. The summed E-state index contributed by atoms with van der Waals surface area (Å²) in [7, 11) is 4.26. The Kier molecular flexibility index (Phi) is 5.78. The fourth-order valence-corrected chi connectivity index (χ4v) is 2.36. The lowest BCUT2D eigenvalue weighted by Gasteiger charge is -2.22. The Morgan fingerprint density at radius 2 is 1.33 bits per heavy atom. The van der Waals surface area contributed by atoms with Crippen LogP contribution in [0.2, 0.25) is 0 Å². The Hall–Kier alpha value is -1.84. The summed E-state index contributed by atoms with van der Waals surface area (Å²) in [6.07, 6.45) is 0. The van der Waals surface area contributed by atoms with Gasteiger partial charge in [0.15, 0.2) is 0 Å². The third-order valence-corrected chi connectivity index (χ3v) is 3.52. The maximum atomic E-state index is 9.48. The van der Waals surface area contributed by atoms with Crippen molar-refractivity contribution in [3.8, 4) is 5.75 Å². The number of aromatic hydroxyl groups is 1. The minimum absolute atomic E-state index is 0.335. The van der Waals surface area contributed by atoms with Gasteiger partial charge in [0.25, 0.3) is 0 Å². The molecule has 2 aromatic carbocycles. The first-order valence-electron chi connectivity index (χ1n) is 7.32. The quantitative estimate of drug-likeness (QED) is 0.847. The van der Waals surface area contributed by atoms with Crippen LogP contribution in [0.15, 0.2) is 54.6 Å². The molecule has 0 unspecified atom stereocenters. The van der Waals surface area contributed by atoms with E-state index in [1.165, 1.54) is 5.56 Å². The monoisotopic (exact) mass is 284 g/mol. The van der Waals surface area contributed by atoms with E-state index in [2.05, 4.69) is 48.2 Å². The molecule has 0 aliphatic carbocycles. The van der Waals surface area contributed by atoms with Crippen molar-refractivity contribution in [3.05, 3.63) is 65.7 Å². The molecule has 0 radical (unpaired) electrons. The minimum Gasteiger partial charge on any atom is -0.508 e. The van der Waals surface area contributed by atoms with Gasteiger partial charge in [0.1, 0.15) is 5.75 Å². The lowest BCUT2D eigenvalue weighted by molar-refractivity contribution is 0.247. The number of rotatable bonds is 7. The molecule has 0 fully saturated rings. The highest BCUT2D eigenvalue weighted by Crippen LogP contribution is 2.12. The van der Waals surface area contributed by atoms with Crippen LogP contribution in [0.25, 0.3) is 0 Å². The number of phenolic OH excluding ortho intramolecular Hbond substituents is 1. The molecule has 112 valence electrons. The summed E-state index contributed by atoms with van der Waals surface area (Å²) in [5, 5.41) is 9.48. The molecular formula is C18H24N2O. The van der Waals surface area contributed by atoms with Gasteiger partial charge in [-0.2, -0.15) is 0 Å². The van der Waals surface area contributed by atoms with E-state index in [0.29, 0.717) is 5.75 Å². The molecule has 3 heteroatoms. The third-order valence-electron chi connectivity index (χ3n) is 3.52. The van der Waals surface area contributed by atoms with E-state index >= 15 is 0 Å². The molecule has 0 aromatic heterocycles. The molecule has 0 saturated heterocycles. The Bertz CT molecular complexity index is 542. The molecule has 0 bridgehead atoms. The molecular weight excluding hydrogens is 260 g/mol. The van der Waals surface area contributed by atoms with Gasteiger partial charge in [-0.15, -0.1) is 0 Å². The van der Waals surface area contributed by atoms with Crippen molar-refractivity contribution in [2.24, 2.45) is 0 Å². The van der Waals surface area contributed by atoms with E-state index in [4.69, 9.17) is 0 Å². The van der Waals surface area contributed by atoms with Crippen LogP contribution in [0.1, 0.15) is 11.1 Å². The molecule has 2 rings (SSSR count). The molecule has 0 saturated carbocycles. The van der Waals surface area contributed by atoms with Gasteiger partial charge in [0, 0.05) is 26.2 Å². The maximum Gasteiger partial charge on any atom is 0.115 e. The number of benzene rings is 2. The fourth-order valence-electron chi connectivity index (χ4n) is 2.36. The first-order valence-corrected chi connectivity index (χ1v) is 7.32.